The molecule has 2 N–H and O–H groups in total. The van der Waals surface area contributed by atoms with Crippen LogP contribution in [0.4, 0.5) is 0 Å². The van der Waals surface area contributed by atoms with Crippen LogP contribution in [-0.4, -0.2) is 48.3 Å². The van der Waals surface area contributed by atoms with Gasteiger partial charge in [0.05, 0.1) is 19.3 Å². The number of rotatable bonds is 2. The first-order valence-electron chi connectivity index (χ1n) is 4.35. The minimum absolute atomic E-state index is 0.00662. The van der Waals surface area contributed by atoms with Gasteiger partial charge in [-0.05, 0) is 6.42 Å². The van der Waals surface area contributed by atoms with E-state index in [1.807, 2.05) is 0 Å². The largest absolute Gasteiger partial charge is 0.396 e. The van der Waals surface area contributed by atoms with Gasteiger partial charge in [-0.2, -0.15) is 0 Å². The number of hydrogen-bond acceptors (Lipinski definition) is 4. The van der Waals surface area contributed by atoms with Gasteiger partial charge in [0.2, 0.25) is 0 Å². The van der Waals surface area contributed by atoms with E-state index in [0.29, 0.717) is 19.6 Å². The molecule has 2 saturated heterocycles. The number of aliphatic hydroxyl groups is 2. The Bertz CT molecular complexity index is 161. The predicted octanol–water partition coefficient (Wildman–Crippen LogP) is -0.857. The van der Waals surface area contributed by atoms with Crippen molar-refractivity contribution >= 4 is 0 Å². The molecule has 2 heterocycles. The molecule has 4 heteroatoms. The molecule has 4 nitrogen and oxygen atoms in total. The third-order valence-corrected chi connectivity index (χ3v) is 2.63. The summed E-state index contributed by atoms with van der Waals surface area (Å²) in [6, 6.07) is 0. The number of aliphatic hydroxyl groups excluding tert-OH is 2. The summed E-state index contributed by atoms with van der Waals surface area (Å²) in [5, 5.41) is 18.1. The van der Waals surface area contributed by atoms with Crippen molar-refractivity contribution in [3.8, 4) is 0 Å². The third kappa shape index (κ3) is 1.25. The van der Waals surface area contributed by atoms with Crippen molar-refractivity contribution in [1.29, 1.82) is 0 Å². The first-order chi connectivity index (χ1) is 5.83. The Morgan fingerprint density at radius 3 is 2.67 bits per heavy atom. The van der Waals surface area contributed by atoms with Crippen LogP contribution in [0, 0.1) is 5.92 Å². The minimum Gasteiger partial charge on any atom is -0.396 e. The molecule has 0 saturated carbocycles. The van der Waals surface area contributed by atoms with E-state index in [1.54, 1.807) is 0 Å². The SMILES string of the molecule is OCCC1CO[C@@H]2[C@H](O)CO[C@H]12. The highest BCUT2D eigenvalue weighted by molar-refractivity contribution is 4.93. The van der Waals surface area contributed by atoms with Gasteiger partial charge >= 0.3 is 0 Å². The normalized spacial score (nSPS) is 46.5. The first-order valence-corrected chi connectivity index (χ1v) is 4.35. The van der Waals surface area contributed by atoms with Gasteiger partial charge in [-0.15, -0.1) is 0 Å². The Labute approximate surface area is 71.1 Å². The molecule has 1 unspecified atom stereocenters. The van der Waals surface area contributed by atoms with E-state index in [-0.39, 0.29) is 24.7 Å². The van der Waals surface area contributed by atoms with Crippen LogP contribution in [0.25, 0.3) is 0 Å². The lowest BCUT2D eigenvalue weighted by Crippen LogP contribution is -2.29. The van der Waals surface area contributed by atoms with Gasteiger partial charge in [-0.3, -0.25) is 0 Å². The number of ether oxygens (including phenoxy) is 2. The van der Waals surface area contributed by atoms with E-state index in [2.05, 4.69) is 0 Å². The molecule has 2 aliphatic rings. The Kier molecular flexibility index (Phi) is 2.32. The van der Waals surface area contributed by atoms with Crippen LogP contribution < -0.4 is 0 Å². The molecule has 0 aliphatic carbocycles. The Morgan fingerprint density at radius 2 is 1.92 bits per heavy atom. The highest BCUT2D eigenvalue weighted by atomic mass is 16.6. The summed E-state index contributed by atoms with van der Waals surface area (Å²) in [5.41, 5.74) is 0. The van der Waals surface area contributed by atoms with Crippen LogP contribution >= 0.6 is 0 Å². The van der Waals surface area contributed by atoms with Crippen molar-refractivity contribution < 1.29 is 19.7 Å². The van der Waals surface area contributed by atoms with Crippen LogP contribution in [0.15, 0.2) is 0 Å². The van der Waals surface area contributed by atoms with Gasteiger partial charge in [0.15, 0.2) is 0 Å². The van der Waals surface area contributed by atoms with Gasteiger partial charge in [0, 0.05) is 12.5 Å². The zero-order valence-electron chi connectivity index (χ0n) is 6.85. The molecular weight excluding hydrogens is 160 g/mol. The Morgan fingerprint density at radius 1 is 1.17 bits per heavy atom. The summed E-state index contributed by atoms with van der Waals surface area (Å²) < 4.78 is 10.7. The fraction of sp³-hybridized carbons (Fsp3) is 1.00. The van der Waals surface area contributed by atoms with Crippen molar-refractivity contribution in [3.05, 3.63) is 0 Å². The Balaban J connectivity index is 1.96. The third-order valence-electron chi connectivity index (χ3n) is 2.63. The molecule has 0 amide bonds. The maximum absolute atomic E-state index is 9.37. The van der Waals surface area contributed by atoms with Crippen molar-refractivity contribution in [2.75, 3.05) is 19.8 Å². The molecule has 2 rings (SSSR count). The topological polar surface area (TPSA) is 58.9 Å². The van der Waals surface area contributed by atoms with E-state index in [9.17, 15) is 5.11 Å². The molecule has 0 aromatic carbocycles. The maximum Gasteiger partial charge on any atom is 0.112 e. The van der Waals surface area contributed by atoms with E-state index in [0.717, 1.165) is 0 Å². The number of hydrogen-bond donors (Lipinski definition) is 2. The fourth-order valence-corrected chi connectivity index (χ4v) is 1.97. The van der Waals surface area contributed by atoms with Gasteiger partial charge in [-0.25, -0.2) is 0 Å². The maximum atomic E-state index is 9.37. The fourth-order valence-electron chi connectivity index (χ4n) is 1.97. The molecule has 70 valence electrons. The van der Waals surface area contributed by atoms with Crippen molar-refractivity contribution in [3.63, 3.8) is 0 Å². The summed E-state index contributed by atoms with van der Waals surface area (Å²) in [6.07, 6.45) is 0.0841. The van der Waals surface area contributed by atoms with E-state index < -0.39 is 6.10 Å². The smallest absolute Gasteiger partial charge is 0.112 e. The van der Waals surface area contributed by atoms with E-state index >= 15 is 0 Å². The molecule has 2 fully saturated rings. The summed E-state index contributed by atoms with van der Waals surface area (Å²) in [7, 11) is 0. The molecule has 0 aromatic rings. The average molecular weight is 174 g/mol. The number of fused-ring (bicyclic) bond motifs is 1. The Hall–Kier alpha value is -0.160. The molecule has 0 bridgehead atoms. The predicted molar refractivity (Wildman–Crippen MR) is 40.7 cm³/mol. The summed E-state index contributed by atoms with van der Waals surface area (Å²) in [5.74, 6) is 0.261. The second kappa shape index (κ2) is 3.30. The van der Waals surface area contributed by atoms with Gasteiger partial charge < -0.3 is 19.7 Å². The van der Waals surface area contributed by atoms with Gasteiger partial charge in [0.25, 0.3) is 0 Å². The molecule has 2 aliphatic heterocycles. The molecule has 0 aromatic heterocycles. The second-order valence-corrected chi connectivity index (χ2v) is 3.44. The van der Waals surface area contributed by atoms with Crippen LogP contribution in [0.3, 0.4) is 0 Å². The highest BCUT2D eigenvalue weighted by Gasteiger charge is 2.46. The average Bonchev–Trinajstić information content (AvgIpc) is 2.58. The quantitative estimate of drug-likeness (QED) is 0.572. The van der Waals surface area contributed by atoms with Crippen molar-refractivity contribution in [2.24, 2.45) is 5.92 Å². The molecule has 4 atom stereocenters. The van der Waals surface area contributed by atoms with Gasteiger partial charge in [0.1, 0.15) is 12.2 Å². The molecule has 12 heavy (non-hydrogen) atoms. The zero-order valence-corrected chi connectivity index (χ0v) is 6.85. The minimum atomic E-state index is -0.473. The lowest BCUT2D eigenvalue weighted by atomic mass is 9.98. The summed E-state index contributed by atoms with van der Waals surface area (Å²) in [6.45, 7) is 1.14. The van der Waals surface area contributed by atoms with Crippen LogP contribution in [0.2, 0.25) is 0 Å². The molecule has 0 spiro atoms. The van der Waals surface area contributed by atoms with E-state index in [1.165, 1.54) is 0 Å². The second-order valence-electron chi connectivity index (χ2n) is 3.44. The summed E-state index contributed by atoms with van der Waals surface area (Å²) in [4.78, 5) is 0. The van der Waals surface area contributed by atoms with Gasteiger partial charge in [-0.1, -0.05) is 0 Å². The zero-order chi connectivity index (χ0) is 8.55. The van der Waals surface area contributed by atoms with Crippen molar-refractivity contribution in [1.82, 2.24) is 0 Å². The molecule has 0 radical (unpaired) electrons. The van der Waals surface area contributed by atoms with Crippen molar-refractivity contribution in [2.45, 2.75) is 24.7 Å². The van der Waals surface area contributed by atoms with Crippen LogP contribution in [0.5, 0.6) is 0 Å². The lowest BCUT2D eigenvalue weighted by molar-refractivity contribution is 0.0162. The standard InChI is InChI=1S/C8H14O4/c9-2-1-5-3-11-8-6(10)4-12-7(5)8/h5-10H,1-4H2/t5?,6-,7-,8-/m1/s1. The first kappa shape index (κ1) is 8.44. The van der Waals surface area contributed by atoms with Crippen LogP contribution in [-0.2, 0) is 9.47 Å². The van der Waals surface area contributed by atoms with E-state index in [4.69, 9.17) is 14.6 Å². The highest BCUT2D eigenvalue weighted by Crippen LogP contribution is 2.32. The lowest BCUT2D eigenvalue weighted by Gasteiger charge is -2.13. The summed E-state index contributed by atoms with van der Waals surface area (Å²) >= 11 is 0. The monoisotopic (exact) mass is 174 g/mol. The van der Waals surface area contributed by atoms with Crippen LogP contribution in [0.1, 0.15) is 6.42 Å². The molecular formula is C8H14O4.